The van der Waals surface area contributed by atoms with Crippen molar-refractivity contribution >= 4 is 17.1 Å². The zero-order valence-corrected chi connectivity index (χ0v) is 10.4. The van der Waals surface area contributed by atoms with Crippen molar-refractivity contribution in [1.82, 2.24) is 0 Å². The maximum atomic E-state index is 5.79. The molecule has 0 fully saturated rings. The lowest BCUT2D eigenvalue weighted by atomic mass is 10.2. The summed E-state index contributed by atoms with van der Waals surface area (Å²) in [5, 5.41) is 3.40. The summed E-state index contributed by atoms with van der Waals surface area (Å²) in [4.78, 5) is 2.22. The number of nitrogens with zero attached hydrogens (tertiary/aromatic N) is 1. The van der Waals surface area contributed by atoms with Gasteiger partial charge in [-0.05, 0) is 24.3 Å². The number of hydrogen-bond donors (Lipinski definition) is 1. The van der Waals surface area contributed by atoms with E-state index in [4.69, 9.17) is 4.74 Å². The Bertz CT molecular complexity index is 539. The SMILES string of the molecule is CN1CCOc2c(Nc3ccccc3)cccc21. The van der Waals surface area contributed by atoms with Gasteiger partial charge in [-0.25, -0.2) is 0 Å². The molecule has 0 bridgehead atoms. The number of likely N-dealkylation sites (N-methyl/N-ethyl adjacent to an activating group) is 1. The summed E-state index contributed by atoms with van der Waals surface area (Å²) in [6.45, 7) is 1.67. The summed E-state index contributed by atoms with van der Waals surface area (Å²) in [7, 11) is 2.09. The van der Waals surface area contributed by atoms with E-state index in [9.17, 15) is 0 Å². The molecule has 0 radical (unpaired) electrons. The van der Waals surface area contributed by atoms with Crippen molar-refractivity contribution in [2.45, 2.75) is 0 Å². The Morgan fingerprint density at radius 2 is 1.89 bits per heavy atom. The molecule has 1 N–H and O–H groups in total. The smallest absolute Gasteiger partial charge is 0.166 e. The Kier molecular flexibility index (Phi) is 2.81. The van der Waals surface area contributed by atoms with Crippen LogP contribution in [0.2, 0.25) is 0 Å². The van der Waals surface area contributed by atoms with Gasteiger partial charge >= 0.3 is 0 Å². The minimum Gasteiger partial charge on any atom is -0.487 e. The minimum atomic E-state index is 0.733. The van der Waals surface area contributed by atoms with Crippen molar-refractivity contribution < 1.29 is 4.74 Å². The fraction of sp³-hybridized carbons (Fsp3) is 0.200. The third-order valence-electron chi connectivity index (χ3n) is 3.13. The van der Waals surface area contributed by atoms with Gasteiger partial charge in [0.05, 0.1) is 17.9 Å². The average molecular weight is 240 g/mol. The van der Waals surface area contributed by atoms with E-state index in [0.717, 1.165) is 36.0 Å². The van der Waals surface area contributed by atoms with Crippen LogP contribution in [-0.2, 0) is 0 Å². The first-order valence-electron chi connectivity index (χ1n) is 6.13. The number of nitrogens with one attached hydrogen (secondary N) is 1. The molecule has 0 aliphatic carbocycles. The summed E-state index contributed by atoms with van der Waals surface area (Å²) < 4.78 is 5.79. The second-order valence-corrected chi connectivity index (χ2v) is 4.41. The number of para-hydroxylation sites is 2. The number of ether oxygens (including phenoxy) is 1. The van der Waals surface area contributed by atoms with Crippen LogP contribution in [0.5, 0.6) is 5.75 Å². The second kappa shape index (κ2) is 4.61. The Hall–Kier alpha value is -2.16. The lowest BCUT2D eigenvalue weighted by Crippen LogP contribution is -2.29. The van der Waals surface area contributed by atoms with E-state index < -0.39 is 0 Å². The van der Waals surface area contributed by atoms with Crippen LogP contribution >= 0.6 is 0 Å². The maximum absolute atomic E-state index is 5.79. The van der Waals surface area contributed by atoms with Crippen molar-refractivity contribution in [3.8, 4) is 5.75 Å². The molecular formula is C15H16N2O. The van der Waals surface area contributed by atoms with Crippen molar-refractivity contribution in [2.24, 2.45) is 0 Å². The Morgan fingerprint density at radius 3 is 2.72 bits per heavy atom. The third kappa shape index (κ3) is 1.99. The zero-order valence-electron chi connectivity index (χ0n) is 10.4. The number of benzene rings is 2. The lowest BCUT2D eigenvalue weighted by Gasteiger charge is -2.29. The molecule has 0 atom stereocenters. The van der Waals surface area contributed by atoms with Gasteiger partial charge < -0.3 is 15.0 Å². The number of hydrogen-bond acceptors (Lipinski definition) is 3. The van der Waals surface area contributed by atoms with Crippen molar-refractivity contribution in [2.75, 3.05) is 30.4 Å². The highest BCUT2D eigenvalue weighted by Gasteiger charge is 2.17. The maximum Gasteiger partial charge on any atom is 0.166 e. The second-order valence-electron chi connectivity index (χ2n) is 4.41. The highest BCUT2D eigenvalue weighted by molar-refractivity contribution is 5.76. The molecule has 0 amide bonds. The van der Waals surface area contributed by atoms with Crippen LogP contribution in [0.15, 0.2) is 48.5 Å². The van der Waals surface area contributed by atoms with Gasteiger partial charge in [-0.1, -0.05) is 24.3 Å². The van der Waals surface area contributed by atoms with E-state index in [1.54, 1.807) is 0 Å². The number of anilines is 3. The van der Waals surface area contributed by atoms with Crippen molar-refractivity contribution in [3.63, 3.8) is 0 Å². The van der Waals surface area contributed by atoms with E-state index in [2.05, 4.69) is 29.4 Å². The normalized spacial score (nSPS) is 13.7. The standard InChI is InChI=1S/C15H16N2O/c1-17-10-11-18-15-13(8-5-9-14(15)17)16-12-6-3-2-4-7-12/h2-9,16H,10-11H2,1H3. The van der Waals surface area contributed by atoms with Crippen molar-refractivity contribution in [3.05, 3.63) is 48.5 Å². The highest BCUT2D eigenvalue weighted by Crippen LogP contribution is 2.38. The van der Waals surface area contributed by atoms with E-state index in [0.29, 0.717) is 0 Å². The molecule has 0 aromatic heterocycles. The van der Waals surface area contributed by atoms with Gasteiger partial charge in [0.15, 0.2) is 5.75 Å². The Morgan fingerprint density at radius 1 is 1.06 bits per heavy atom. The number of fused-ring (bicyclic) bond motifs is 1. The predicted molar refractivity (Wildman–Crippen MR) is 74.9 cm³/mol. The number of rotatable bonds is 2. The first-order chi connectivity index (χ1) is 8.84. The van der Waals surface area contributed by atoms with Crippen LogP contribution in [0.25, 0.3) is 0 Å². The van der Waals surface area contributed by atoms with Gasteiger partial charge in [0.25, 0.3) is 0 Å². The monoisotopic (exact) mass is 240 g/mol. The van der Waals surface area contributed by atoms with Crippen LogP contribution in [0.1, 0.15) is 0 Å². The first-order valence-corrected chi connectivity index (χ1v) is 6.13. The molecule has 0 spiro atoms. The summed E-state index contributed by atoms with van der Waals surface area (Å²) in [6.07, 6.45) is 0. The van der Waals surface area contributed by atoms with Crippen molar-refractivity contribution in [1.29, 1.82) is 0 Å². The van der Waals surface area contributed by atoms with Gasteiger partial charge in [-0.2, -0.15) is 0 Å². The summed E-state index contributed by atoms with van der Waals surface area (Å²) in [5.41, 5.74) is 3.23. The van der Waals surface area contributed by atoms with Crippen LogP contribution in [0, 0.1) is 0 Å². The molecule has 0 saturated heterocycles. The van der Waals surface area contributed by atoms with Gasteiger partial charge in [-0.15, -0.1) is 0 Å². The van der Waals surface area contributed by atoms with Gasteiger partial charge in [-0.3, -0.25) is 0 Å². The molecule has 0 saturated carbocycles. The van der Waals surface area contributed by atoms with E-state index in [1.807, 2.05) is 36.4 Å². The summed E-state index contributed by atoms with van der Waals surface area (Å²) in [5.74, 6) is 0.940. The molecule has 1 aliphatic rings. The molecule has 92 valence electrons. The topological polar surface area (TPSA) is 24.5 Å². The molecule has 3 heteroatoms. The van der Waals surface area contributed by atoms with E-state index in [1.165, 1.54) is 0 Å². The molecule has 2 aromatic carbocycles. The fourth-order valence-corrected chi connectivity index (χ4v) is 2.16. The fourth-order valence-electron chi connectivity index (χ4n) is 2.16. The summed E-state index contributed by atoms with van der Waals surface area (Å²) >= 11 is 0. The zero-order chi connectivity index (χ0) is 12.4. The molecule has 1 aliphatic heterocycles. The van der Waals surface area contributed by atoms with Gasteiger partial charge in [0.2, 0.25) is 0 Å². The largest absolute Gasteiger partial charge is 0.487 e. The highest BCUT2D eigenvalue weighted by atomic mass is 16.5. The van der Waals surface area contributed by atoms with Gasteiger partial charge in [0.1, 0.15) is 6.61 Å². The van der Waals surface area contributed by atoms with Crippen LogP contribution in [-0.4, -0.2) is 20.2 Å². The van der Waals surface area contributed by atoms with Crippen LogP contribution < -0.4 is 15.0 Å². The predicted octanol–water partition coefficient (Wildman–Crippen LogP) is 3.26. The Labute approximate surface area is 107 Å². The first kappa shape index (κ1) is 11.0. The van der Waals surface area contributed by atoms with Crippen LogP contribution in [0.4, 0.5) is 17.1 Å². The molecular weight excluding hydrogens is 224 g/mol. The lowest BCUT2D eigenvalue weighted by molar-refractivity contribution is 0.313. The minimum absolute atomic E-state index is 0.733. The van der Waals surface area contributed by atoms with Gasteiger partial charge in [0, 0.05) is 12.7 Å². The summed E-state index contributed by atoms with van der Waals surface area (Å²) in [6, 6.07) is 16.3. The molecule has 1 heterocycles. The molecule has 18 heavy (non-hydrogen) atoms. The van der Waals surface area contributed by atoms with Crippen LogP contribution in [0.3, 0.4) is 0 Å². The molecule has 3 rings (SSSR count). The average Bonchev–Trinajstić information content (AvgIpc) is 2.41. The quantitative estimate of drug-likeness (QED) is 0.872. The van der Waals surface area contributed by atoms with E-state index in [-0.39, 0.29) is 0 Å². The van der Waals surface area contributed by atoms with E-state index >= 15 is 0 Å². The molecule has 0 unspecified atom stereocenters. The third-order valence-corrected chi connectivity index (χ3v) is 3.13. The molecule has 3 nitrogen and oxygen atoms in total. The Balaban J connectivity index is 1.96. The molecule has 2 aromatic rings.